The van der Waals surface area contributed by atoms with Crippen LogP contribution in [0.15, 0.2) is 48.5 Å². The molecule has 21 heavy (non-hydrogen) atoms. The van der Waals surface area contributed by atoms with Crippen LogP contribution in [0.25, 0.3) is 0 Å². The van der Waals surface area contributed by atoms with Crippen LogP contribution in [0.1, 0.15) is 22.8 Å². The molecule has 0 aliphatic carbocycles. The van der Waals surface area contributed by atoms with E-state index in [0.29, 0.717) is 23.7 Å². The summed E-state index contributed by atoms with van der Waals surface area (Å²) >= 11 is 6.11. The number of benzene rings is 2. The van der Waals surface area contributed by atoms with E-state index in [0.717, 1.165) is 11.3 Å². The summed E-state index contributed by atoms with van der Waals surface area (Å²) in [7, 11) is 0. The molecule has 2 aromatic rings. The van der Waals surface area contributed by atoms with Crippen molar-refractivity contribution >= 4 is 23.3 Å². The Hall–Kier alpha value is -2.04. The van der Waals surface area contributed by atoms with E-state index in [4.69, 9.17) is 16.3 Å². The molecule has 0 aromatic heterocycles. The van der Waals surface area contributed by atoms with E-state index in [1.165, 1.54) is 0 Å². The summed E-state index contributed by atoms with van der Waals surface area (Å²) in [6.45, 7) is 2.68. The van der Waals surface area contributed by atoms with Crippen LogP contribution in [0.2, 0.25) is 5.02 Å². The quantitative estimate of drug-likeness (QED) is 0.632. The normalized spacial score (nSPS) is 10.2. The summed E-state index contributed by atoms with van der Waals surface area (Å²) in [4.78, 5) is 11.6. The molecule has 0 amide bonds. The Bertz CT molecular complexity index is 602. The molecule has 0 radical (unpaired) electrons. The van der Waals surface area contributed by atoms with Crippen molar-refractivity contribution in [1.82, 2.24) is 5.43 Å². The first kappa shape index (κ1) is 15.4. The zero-order valence-corrected chi connectivity index (χ0v) is 12.5. The summed E-state index contributed by atoms with van der Waals surface area (Å²) in [5.41, 5.74) is 8.51. The maximum Gasteiger partial charge on any atom is 0.339 e. The summed E-state index contributed by atoms with van der Waals surface area (Å²) < 4.78 is 4.94. The molecular formula is C16H17ClN2O2. The van der Waals surface area contributed by atoms with Crippen molar-refractivity contribution in [2.24, 2.45) is 0 Å². The monoisotopic (exact) mass is 304 g/mol. The number of carbonyl (C=O) groups excluding carboxylic acids is 1. The number of ether oxygens (including phenoxy) is 1. The van der Waals surface area contributed by atoms with Crippen LogP contribution in [0.5, 0.6) is 0 Å². The molecule has 0 aliphatic heterocycles. The molecule has 0 heterocycles. The molecule has 2 rings (SSSR count). The molecule has 110 valence electrons. The minimum Gasteiger partial charge on any atom is -0.462 e. The third kappa shape index (κ3) is 4.48. The predicted molar refractivity (Wildman–Crippen MR) is 84.3 cm³/mol. The van der Waals surface area contributed by atoms with Gasteiger partial charge in [0.25, 0.3) is 0 Å². The maximum absolute atomic E-state index is 11.6. The van der Waals surface area contributed by atoms with Gasteiger partial charge in [0, 0.05) is 12.2 Å². The predicted octanol–water partition coefficient (Wildman–Crippen LogP) is 3.63. The molecule has 0 aliphatic rings. The molecule has 0 saturated heterocycles. The van der Waals surface area contributed by atoms with Crippen molar-refractivity contribution in [1.29, 1.82) is 0 Å². The second kappa shape index (κ2) is 7.67. The van der Waals surface area contributed by atoms with E-state index < -0.39 is 5.97 Å². The first-order valence-corrected chi connectivity index (χ1v) is 7.08. The van der Waals surface area contributed by atoms with E-state index in [9.17, 15) is 4.79 Å². The molecule has 2 N–H and O–H groups in total. The Kier molecular flexibility index (Phi) is 5.60. The SMILES string of the molecule is CCOC(=O)c1ccc(CNNc2ccccc2)cc1Cl. The molecule has 0 bridgehead atoms. The largest absolute Gasteiger partial charge is 0.462 e. The van der Waals surface area contributed by atoms with Gasteiger partial charge >= 0.3 is 5.97 Å². The lowest BCUT2D eigenvalue weighted by atomic mass is 10.1. The number of rotatable bonds is 6. The fraction of sp³-hybridized carbons (Fsp3) is 0.188. The number of hydrazine groups is 1. The van der Waals surface area contributed by atoms with Gasteiger partial charge in [0.1, 0.15) is 0 Å². The highest BCUT2D eigenvalue weighted by atomic mass is 35.5. The minimum absolute atomic E-state index is 0.333. The van der Waals surface area contributed by atoms with E-state index in [1.807, 2.05) is 36.4 Å². The highest BCUT2D eigenvalue weighted by Crippen LogP contribution is 2.19. The number of para-hydroxylation sites is 1. The van der Waals surface area contributed by atoms with Crippen LogP contribution in [-0.2, 0) is 11.3 Å². The van der Waals surface area contributed by atoms with Gasteiger partial charge in [0.15, 0.2) is 0 Å². The summed E-state index contributed by atoms with van der Waals surface area (Å²) in [6, 6.07) is 15.1. The molecular weight excluding hydrogens is 288 g/mol. The maximum atomic E-state index is 11.6. The van der Waals surface area contributed by atoms with Crippen molar-refractivity contribution in [3.8, 4) is 0 Å². The molecule has 4 nitrogen and oxygen atoms in total. The van der Waals surface area contributed by atoms with E-state index in [-0.39, 0.29) is 0 Å². The molecule has 0 atom stereocenters. The lowest BCUT2D eigenvalue weighted by molar-refractivity contribution is 0.0526. The number of hydrogen-bond donors (Lipinski definition) is 2. The van der Waals surface area contributed by atoms with Gasteiger partial charge in [-0.3, -0.25) is 0 Å². The molecule has 2 aromatic carbocycles. The van der Waals surface area contributed by atoms with Crippen LogP contribution in [0.3, 0.4) is 0 Å². The van der Waals surface area contributed by atoms with Crippen LogP contribution in [0, 0.1) is 0 Å². The first-order chi connectivity index (χ1) is 10.2. The van der Waals surface area contributed by atoms with Gasteiger partial charge in [-0.1, -0.05) is 35.9 Å². The Balaban J connectivity index is 1.93. The Morgan fingerprint density at radius 2 is 1.95 bits per heavy atom. The Morgan fingerprint density at radius 1 is 1.19 bits per heavy atom. The third-order valence-electron chi connectivity index (χ3n) is 2.83. The summed E-state index contributed by atoms with van der Waals surface area (Å²) in [5, 5.41) is 0.396. The first-order valence-electron chi connectivity index (χ1n) is 6.70. The second-order valence-electron chi connectivity index (χ2n) is 4.38. The lowest BCUT2D eigenvalue weighted by Crippen LogP contribution is -2.20. The number of esters is 1. The lowest BCUT2D eigenvalue weighted by Gasteiger charge is -2.10. The van der Waals surface area contributed by atoms with Gasteiger partial charge in [-0.15, -0.1) is 0 Å². The smallest absolute Gasteiger partial charge is 0.339 e. The number of hydrogen-bond acceptors (Lipinski definition) is 4. The molecule has 0 fully saturated rings. The Morgan fingerprint density at radius 3 is 2.62 bits per heavy atom. The topological polar surface area (TPSA) is 50.4 Å². The Labute approximate surface area is 129 Å². The van der Waals surface area contributed by atoms with Crippen LogP contribution in [-0.4, -0.2) is 12.6 Å². The average Bonchev–Trinajstić information content (AvgIpc) is 2.48. The molecule has 0 saturated carbocycles. The number of anilines is 1. The van der Waals surface area contributed by atoms with E-state index in [1.54, 1.807) is 19.1 Å². The average molecular weight is 305 g/mol. The number of carbonyl (C=O) groups is 1. The standard InChI is InChI=1S/C16H17ClN2O2/c1-2-21-16(20)14-9-8-12(10-15(14)17)11-18-19-13-6-4-3-5-7-13/h3-10,18-19H,2,11H2,1H3. The van der Waals surface area contributed by atoms with E-state index in [2.05, 4.69) is 10.9 Å². The van der Waals surface area contributed by atoms with Crippen molar-refractivity contribution in [2.45, 2.75) is 13.5 Å². The second-order valence-corrected chi connectivity index (χ2v) is 4.79. The van der Waals surface area contributed by atoms with Crippen molar-refractivity contribution < 1.29 is 9.53 Å². The minimum atomic E-state index is -0.399. The molecule has 0 unspecified atom stereocenters. The highest BCUT2D eigenvalue weighted by Gasteiger charge is 2.11. The van der Waals surface area contributed by atoms with Gasteiger partial charge < -0.3 is 10.2 Å². The number of nitrogens with one attached hydrogen (secondary N) is 2. The fourth-order valence-electron chi connectivity index (χ4n) is 1.81. The zero-order valence-electron chi connectivity index (χ0n) is 11.7. The number of halogens is 1. The van der Waals surface area contributed by atoms with Gasteiger partial charge in [0.05, 0.1) is 17.2 Å². The highest BCUT2D eigenvalue weighted by molar-refractivity contribution is 6.33. The van der Waals surface area contributed by atoms with Crippen LogP contribution < -0.4 is 10.9 Å². The van der Waals surface area contributed by atoms with Gasteiger partial charge in [-0.25, -0.2) is 10.2 Å². The van der Waals surface area contributed by atoms with Gasteiger partial charge in [-0.2, -0.15) is 0 Å². The van der Waals surface area contributed by atoms with Crippen LogP contribution >= 0.6 is 11.6 Å². The van der Waals surface area contributed by atoms with Crippen molar-refractivity contribution in [3.63, 3.8) is 0 Å². The van der Waals surface area contributed by atoms with Gasteiger partial charge in [0.2, 0.25) is 0 Å². The van der Waals surface area contributed by atoms with Crippen molar-refractivity contribution in [3.05, 3.63) is 64.7 Å². The summed E-state index contributed by atoms with van der Waals surface area (Å²) in [5.74, 6) is -0.399. The van der Waals surface area contributed by atoms with Crippen molar-refractivity contribution in [2.75, 3.05) is 12.0 Å². The van der Waals surface area contributed by atoms with Crippen LogP contribution in [0.4, 0.5) is 5.69 Å². The summed E-state index contributed by atoms with van der Waals surface area (Å²) in [6.07, 6.45) is 0. The fourth-order valence-corrected chi connectivity index (χ4v) is 2.09. The molecule has 5 heteroatoms. The third-order valence-corrected chi connectivity index (χ3v) is 3.14. The van der Waals surface area contributed by atoms with Gasteiger partial charge in [-0.05, 0) is 36.8 Å². The van der Waals surface area contributed by atoms with E-state index >= 15 is 0 Å². The molecule has 0 spiro atoms. The zero-order chi connectivity index (χ0) is 15.1.